The standard InChI is InChI=1S/C25H24N6O3/c1-17-6-7-21-20(14-17)22(32)28-25(34)31(21)16-18-4-2-5-19(15-18)23(33)29-10-12-30(13-11-29)24-26-8-3-9-27-24/h2-9,14-15H,10-13,16H2,1H3,(H,28,32,34). The predicted molar refractivity (Wildman–Crippen MR) is 129 cm³/mol. The van der Waals surface area contributed by atoms with E-state index in [1.807, 2.05) is 36.1 Å². The van der Waals surface area contributed by atoms with Crippen LogP contribution in [0.15, 0.2) is 70.5 Å². The minimum absolute atomic E-state index is 0.0511. The fourth-order valence-corrected chi connectivity index (χ4v) is 4.30. The molecule has 0 aliphatic carbocycles. The van der Waals surface area contributed by atoms with Crippen LogP contribution < -0.4 is 16.1 Å². The van der Waals surface area contributed by atoms with Gasteiger partial charge in [-0.1, -0.05) is 23.8 Å². The van der Waals surface area contributed by atoms with Gasteiger partial charge in [0.15, 0.2) is 0 Å². The number of benzene rings is 2. The van der Waals surface area contributed by atoms with Crippen LogP contribution in [0.5, 0.6) is 0 Å². The van der Waals surface area contributed by atoms with Crippen molar-refractivity contribution in [1.82, 2.24) is 24.4 Å². The van der Waals surface area contributed by atoms with E-state index in [1.165, 1.54) is 4.57 Å². The minimum Gasteiger partial charge on any atom is -0.337 e. The van der Waals surface area contributed by atoms with Crippen LogP contribution in [0.2, 0.25) is 0 Å². The zero-order valence-electron chi connectivity index (χ0n) is 18.8. The number of rotatable bonds is 4. The Balaban J connectivity index is 1.35. The number of nitrogens with one attached hydrogen (secondary N) is 1. The maximum Gasteiger partial charge on any atom is 0.329 e. The molecule has 2 aromatic heterocycles. The van der Waals surface area contributed by atoms with Crippen molar-refractivity contribution in [3.05, 3.63) is 98.5 Å². The molecule has 34 heavy (non-hydrogen) atoms. The van der Waals surface area contributed by atoms with Crippen molar-refractivity contribution in [2.24, 2.45) is 0 Å². The molecule has 0 spiro atoms. The average molecular weight is 457 g/mol. The molecule has 0 bridgehead atoms. The first-order chi connectivity index (χ1) is 16.5. The highest BCUT2D eigenvalue weighted by molar-refractivity contribution is 5.94. The van der Waals surface area contributed by atoms with Crippen molar-refractivity contribution in [3.63, 3.8) is 0 Å². The Morgan fingerprint density at radius 1 is 0.971 bits per heavy atom. The SMILES string of the molecule is Cc1ccc2c(c1)c(=O)[nH]c(=O)n2Cc1cccc(C(=O)N2CCN(c3ncccn3)CC2)c1. The van der Waals surface area contributed by atoms with E-state index in [1.54, 1.807) is 36.7 Å². The lowest BCUT2D eigenvalue weighted by Gasteiger charge is -2.34. The quantitative estimate of drug-likeness (QED) is 0.502. The summed E-state index contributed by atoms with van der Waals surface area (Å²) in [6.45, 7) is 4.61. The maximum absolute atomic E-state index is 13.2. The van der Waals surface area contributed by atoms with Gasteiger partial charge >= 0.3 is 5.69 Å². The molecule has 1 saturated heterocycles. The molecule has 1 aliphatic rings. The third-order valence-electron chi connectivity index (χ3n) is 6.07. The molecule has 1 fully saturated rings. The average Bonchev–Trinajstić information content (AvgIpc) is 2.87. The number of aromatic amines is 1. The predicted octanol–water partition coefficient (Wildman–Crippen LogP) is 1.80. The highest BCUT2D eigenvalue weighted by Gasteiger charge is 2.23. The van der Waals surface area contributed by atoms with Gasteiger partial charge < -0.3 is 9.80 Å². The topological polar surface area (TPSA) is 104 Å². The van der Waals surface area contributed by atoms with E-state index in [0.717, 1.165) is 11.1 Å². The van der Waals surface area contributed by atoms with Crippen LogP contribution in [0, 0.1) is 6.92 Å². The lowest BCUT2D eigenvalue weighted by Crippen LogP contribution is -2.49. The van der Waals surface area contributed by atoms with E-state index in [-0.39, 0.29) is 12.5 Å². The van der Waals surface area contributed by atoms with Crippen LogP contribution in [-0.4, -0.2) is 56.5 Å². The fourth-order valence-electron chi connectivity index (χ4n) is 4.30. The molecule has 0 atom stereocenters. The summed E-state index contributed by atoms with van der Waals surface area (Å²) in [5, 5.41) is 0.465. The number of carbonyl (C=O) groups is 1. The third-order valence-corrected chi connectivity index (χ3v) is 6.07. The number of anilines is 1. The highest BCUT2D eigenvalue weighted by atomic mass is 16.2. The van der Waals surface area contributed by atoms with Gasteiger partial charge in [-0.2, -0.15) is 0 Å². The molecule has 9 nitrogen and oxygen atoms in total. The number of carbonyl (C=O) groups excluding carboxylic acids is 1. The molecule has 0 saturated carbocycles. The molecular formula is C25H24N6O3. The van der Waals surface area contributed by atoms with Gasteiger partial charge in [-0.3, -0.25) is 19.1 Å². The molecule has 1 amide bonds. The molecule has 2 aromatic carbocycles. The van der Waals surface area contributed by atoms with Gasteiger partial charge in [-0.15, -0.1) is 0 Å². The number of piperazine rings is 1. The van der Waals surface area contributed by atoms with Crippen molar-refractivity contribution in [1.29, 1.82) is 0 Å². The molecule has 1 N–H and O–H groups in total. The second-order valence-corrected chi connectivity index (χ2v) is 8.39. The van der Waals surface area contributed by atoms with Gasteiger partial charge in [-0.05, 0) is 42.8 Å². The van der Waals surface area contributed by atoms with Gasteiger partial charge in [0.25, 0.3) is 11.5 Å². The first-order valence-electron chi connectivity index (χ1n) is 11.1. The summed E-state index contributed by atoms with van der Waals surface area (Å²) < 4.78 is 1.53. The number of hydrogen-bond acceptors (Lipinski definition) is 6. The lowest BCUT2D eigenvalue weighted by atomic mass is 10.1. The third kappa shape index (κ3) is 4.19. The number of hydrogen-bond donors (Lipinski definition) is 1. The molecule has 5 rings (SSSR count). The van der Waals surface area contributed by atoms with E-state index in [0.29, 0.717) is 48.6 Å². The Kier molecular flexibility index (Phi) is 5.67. The zero-order chi connectivity index (χ0) is 23.7. The number of fused-ring (bicyclic) bond motifs is 1. The van der Waals surface area contributed by atoms with Gasteiger partial charge in [0, 0.05) is 44.1 Å². The fraction of sp³-hybridized carbons (Fsp3) is 0.240. The molecule has 4 aromatic rings. The molecule has 3 heterocycles. The first kappa shape index (κ1) is 21.6. The molecule has 172 valence electrons. The van der Waals surface area contributed by atoms with Gasteiger partial charge in [-0.25, -0.2) is 14.8 Å². The van der Waals surface area contributed by atoms with Gasteiger partial charge in [0.1, 0.15) is 0 Å². The number of aromatic nitrogens is 4. The smallest absolute Gasteiger partial charge is 0.329 e. The lowest BCUT2D eigenvalue weighted by molar-refractivity contribution is 0.0746. The normalized spacial score (nSPS) is 13.9. The van der Waals surface area contributed by atoms with E-state index in [4.69, 9.17) is 0 Å². The van der Waals surface area contributed by atoms with E-state index < -0.39 is 11.2 Å². The van der Waals surface area contributed by atoms with Crippen molar-refractivity contribution in [2.45, 2.75) is 13.5 Å². The maximum atomic E-state index is 13.2. The number of aryl methyl sites for hydroxylation is 1. The van der Waals surface area contributed by atoms with Crippen LogP contribution in [0.25, 0.3) is 10.9 Å². The van der Waals surface area contributed by atoms with Crippen LogP contribution in [0.4, 0.5) is 5.95 Å². The molecular weight excluding hydrogens is 432 g/mol. The Hall–Kier alpha value is -4.27. The Bertz CT molecular complexity index is 1470. The largest absolute Gasteiger partial charge is 0.337 e. The van der Waals surface area contributed by atoms with Gasteiger partial charge in [0.2, 0.25) is 5.95 Å². The summed E-state index contributed by atoms with van der Waals surface area (Å²) in [4.78, 5) is 52.9. The summed E-state index contributed by atoms with van der Waals surface area (Å²) in [5.41, 5.74) is 2.00. The van der Waals surface area contributed by atoms with E-state index in [9.17, 15) is 14.4 Å². The van der Waals surface area contributed by atoms with Crippen LogP contribution in [0.1, 0.15) is 21.5 Å². The van der Waals surface area contributed by atoms with E-state index >= 15 is 0 Å². The van der Waals surface area contributed by atoms with E-state index in [2.05, 4.69) is 19.9 Å². The molecule has 1 aliphatic heterocycles. The zero-order valence-corrected chi connectivity index (χ0v) is 18.8. The Labute approximate surface area is 195 Å². The summed E-state index contributed by atoms with van der Waals surface area (Å²) in [6.07, 6.45) is 3.42. The number of H-pyrrole nitrogens is 1. The molecule has 0 unspecified atom stereocenters. The minimum atomic E-state index is -0.475. The summed E-state index contributed by atoms with van der Waals surface area (Å²) in [6, 6.07) is 14.5. The molecule has 9 heteroatoms. The van der Waals surface area contributed by atoms with Crippen LogP contribution >= 0.6 is 0 Å². The van der Waals surface area contributed by atoms with Crippen molar-refractivity contribution in [3.8, 4) is 0 Å². The van der Waals surface area contributed by atoms with Crippen LogP contribution in [0.3, 0.4) is 0 Å². The number of nitrogens with zero attached hydrogens (tertiary/aromatic N) is 5. The Morgan fingerprint density at radius 2 is 1.74 bits per heavy atom. The van der Waals surface area contributed by atoms with Crippen LogP contribution in [-0.2, 0) is 6.54 Å². The second kappa shape index (κ2) is 8.93. The summed E-state index contributed by atoms with van der Waals surface area (Å²) >= 11 is 0. The Morgan fingerprint density at radius 3 is 2.50 bits per heavy atom. The monoisotopic (exact) mass is 456 g/mol. The van der Waals surface area contributed by atoms with Crippen molar-refractivity contribution < 1.29 is 4.79 Å². The second-order valence-electron chi connectivity index (χ2n) is 8.39. The summed E-state index contributed by atoms with van der Waals surface area (Å²) in [5.74, 6) is 0.620. The summed E-state index contributed by atoms with van der Waals surface area (Å²) in [7, 11) is 0. The number of amides is 1. The first-order valence-corrected chi connectivity index (χ1v) is 11.1. The van der Waals surface area contributed by atoms with Gasteiger partial charge in [0.05, 0.1) is 17.4 Å². The molecule has 0 radical (unpaired) electrons. The van der Waals surface area contributed by atoms with Crippen molar-refractivity contribution >= 4 is 22.8 Å². The highest BCUT2D eigenvalue weighted by Crippen LogP contribution is 2.16. The van der Waals surface area contributed by atoms with Crippen molar-refractivity contribution in [2.75, 3.05) is 31.1 Å².